The zero-order valence-corrected chi connectivity index (χ0v) is 9.79. The summed E-state index contributed by atoms with van der Waals surface area (Å²) < 4.78 is 5.59. The Bertz CT molecular complexity index is 426. The molecule has 4 nitrogen and oxygen atoms in total. The van der Waals surface area contributed by atoms with Gasteiger partial charge in [-0.2, -0.15) is 0 Å². The van der Waals surface area contributed by atoms with Gasteiger partial charge in [-0.05, 0) is 24.6 Å². The first-order valence-corrected chi connectivity index (χ1v) is 4.88. The molecule has 0 bridgehead atoms. The number of hydrogen-bond acceptors (Lipinski definition) is 3. The average Bonchev–Trinajstić information content (AvgIpc) is 2.20. The van der Waals surface area contributed by atoms with Crippen molar-refractivity contribution in [2.45, 2.75) is 6.92 Å². The second-order valence-corrected chi connectivity index (χ2v) is 3.77. The van der Waals surface area contributed by atoms with E-state index < -0.39 is 11.8 Å². The lowest BCUT2D eigenvalue weighted by atomic mass is 10.0. The van der Waals surface area contributed by atoms with Gasteiger partial charge in [0.2, 0.25) is 0 Å². The number of aliphatic carboxylic acids is 1. The molecule has 1 aromatic rings. The van der Waals surface area contributed by atoms with Crippen LogP contribution in [0.15, 0.2) is 16.6 Å². The third-order valence-electron chi connectivity index (χ3n) is 1.99. The van der Waals surface area contributed by atoms with Gasteiger partial charge < -0.3 is 9.84 Å². The highest BCUT2D eigenvalue weighted by molar-refractivity contribution is 9.10. The molecule has 0 heterocycles. The lowest BCUT2D eigenvalue weighted by Gasteiger charge is -2.07. The third-order valence-corrected chi connectivity index (χ3v) is 2.82. The Labute approximate surface area is 95.0 Å². The van der Waals surface area contributed by atoms with Crippen LogP contribution in [0.1, 0.15) is 15.9 Å². The van der Waals surface area contributed by atoms with Crippen molar-refractivity contribution in [2.24, 2.45) is 0 Å². The molecule has 15 heavy (non-hydrogen) atoms. The molecule has 0 atom stereocenters. The molecule has 0 fully saturated rings. The molecule has 5 heteroatoms. The van der Waals surface area contributed by atoms with Crippen LogP contribution in [0.5, 0.6) is 5.75 Å². The average molecular weight is 273 g/mol. The lowest BCUT2D eigenvalue weighted by Crippen LogP contribution is -2.14. The number of ether oxygens (including phenoxy) is 1. The van der Waals surface area contributed by atoms with E-state index in [1.54, 1.807) is 13.0 Å². The van der Waals surface area contributed by atoms with E-state index in [4.69, 9.17) is 9.84 Å². The Kier molecular flexibility index (Phi) is 3.47. The number of ketones is 1. The molecule has 1 rings (SSSR count). The van der Waals surface area contributed by atoms with Gasteiger partial charge in [0.05, 0.1) is 7.11 Å². The van der Waals surface area contributed by atoms with Gasteiger partial charge in [-0.25, -0.2) is 4.79 Å². The quantitative estimate of drug-likeness (QED) is 0.676. The maximum Gasteiger partial charge on any atom is 0.377 e. The van der Waals surface area contributed by atoms with Gasteiger partial charge in [0.1, 0.15) is 5.75 Å². The molecule has 1 N–H and O–H groups in total. The maximum atomic E-state index is 11.3. The summed E-state index contributed by atoms with van der Waals surface area (Å²) in [4.78, 5) is 21.9. The fraction of sp³-hybridized carbons (Fsp3) is 0.200. The highest BCUT2D eigenvalue weighted by Gasteiger charge is 2.19. The summed E-state index contributed by atoms with van der Waals surface area (Å²) in [5.74, 6) is -1.97. The minimum absolute atomic E-state index is 0.133. The van der Waals surface area contributed by atoms with E-state index in [0.717, 1.165) is 0 Å². The van der Waals surface area contributed by atoms with Gasteiger partial charge in [0.15, 0.2) is 0 Å². The van der Waals surface area contributed by atoms with E-state index in [2.05, 4.69) is 15.9 Å². The number of Topliss-reactive ketones (excluding diaryl/α,β-unsaturated/α-hetero) is 1. The highest BCUT2D eigenvalue weighted by Crippen LogP contribution is 2.26. The molecule has 0 aromatic heterocycles. The predicted molar refractivity (Wildman–Crippen MR) is 57.4 cm³/mol. The van der Waals surface area contributed by atoms with Crippen molar-refractivity contribution < 1.29 is 19.4 Å². The van der Waals surface area contributed by atoms with Crippen LogP contribution in [0.3, 0.4) is 0 Å². The van der Waals surface area contributed by atoms with E-state index in [1.807, 2.05) is 0 Å². The number of rotatable bonds is 3. The Balaban J connectivity index is 3.34. The third kappa shape index (κ3) is 2.36. The Morgan fingerprint density at radius 1 is 1.40 bits per heavy atom. The largest absolute Gasteiger partial charge is 0.497 e. The van der Waals surface area contributed by atoms with Crippen LogP contribution in [0.4, 0.5) is 0 Å². The summed E-state index contributed by atoms with van der Waals surface area (Å²) >= 11 is 3.23. The normalized spacial score (nSPS) is 9.80. The molecular weight excluding hydrogens is 264 g/mol. The second kappa shape index (κ2) is 4.44. The standard InChI is InChI=1S/C10H9BrO4/c1-5-7(9(12)10(13)14)3-6(15-2)4-8(5)11/h3-4H,1-2H3,(H,13,14). The highest BCUT2D eigenvalue weighted by atomic mass is 79.9. The molecule has 0 aliphatic rings. The molecule has 1 aromatic carbocycles. The number of carboxylic acids is 1. The number of halogens is 1. The monoisotopic (exact) mass is 272 g/mol. The van der Waals surface area contributed by atoms with Crippen LogP contribution in [0, 0.1) is 6.92 Å². The van der Waals surface area contributed by atoms with E-state index in [1.165, 1.54) is 13.2 Å². The van der Waals surface area contributed by atoms with Gasteiger partial charge in [-0.15, -0.1) is 0 Å². The zero-order valence-electron chi connectivity index (χ0n) is 8.20. The van der Waals surface area contributed by atoms with Gasteiger partial charge in [-0.1, -0.05) is 15.9 Å². The van der Waals surface area contributed by atoms with Crippen LogP contribution >= 0.6 is 15.9 Å². The maximum absolute atomic E-state index is 11.3. The fourth-order valence-corrected chi connectivity index (χ4v) is 1.56. The van der Waals surface area contributed by atoms with Crippen molar-refractivity contribution in [1.82, 2.24) is 0 Å². The van der Waals surface area contributed by atoms with Gasteiger partial charge in [-0.3, -0.25) is 4.79 Å². The van der Waals surface area contributed by atoms with Crippen molar-refractivity contribution in [1.29, 1.82) is 0 Å². The van der Waals surface area contributed by atoms with Crippen LogP contribution in [-0.2, 0) is 4.79 Å². The summed E-state index contributed by atoms with van der Waals surface area (Å²) in [6.45, 7) is 1.67. The summed E-state index contributed by atoms with van der Waals surface area (Å²) in [7, 11) is 1.45. The first-order chi connectivity index (χ1) is 6.97. The Hall–Kier alpha value is -1.36. The van der Waals surface area contributed by atoms with Gasteiger partial charge >= 0.3 is 5.97 Å². The molecule has 0 radical (unpaired) electrons. The van der Waals surface area contributed by atoms with E-state index in [9.17, 15) is 9.59 Å². The molecule has 0 aliphatic carbocycles. The van der Waals surface area contributed by atoms with E-state index >= 15 is 0 Å². The SMILES string of the molecule is COc1cc(Br)c(C)c(C(=O)C(=O)O)c1. The first-order valence-electron chi connectivity index (χ1n) is 4.09. The Morgan fingerprint density at radius 2 is 2.00 bits per heavy atom. The number of hydrogen-bond donors (Lipinski definition) is 1. The van der Waals surface area contributed by atoms with E-state index in [0.29, 0.717) is 15.8 Å². The Morgan fingerprint density at radius 3 is 2.47 bits per heavy atom. The summed E-state index contributed by atoms with van der Waals surface area (Å²) in [6, 6.07) is 3.09. The predicted octanol–water partition coefficient (Wildman–Crippen LogP) is 2.03. The molecule has 0 amide bonds. The number of carbonyl (C=O) groups excluding carboxylic acids is 1. The minimum atomic E-state index is -1.47. The van der Waals surface area contributed by atoms with Crippen molar-refractivity contribution in [3.8, 4) is 5.75 Å². The van der Waals surface area contributed by atoms with Gasteiger partial charge in [0, 0.05) is 10.0 Å². The van der Waals surface area contributed by atoms with Crippen molar-refractivity contribution >= 4 is 27.7 Å². The zero-order chi connectivity index (χ0) is 11.6. The molecular formula is C10H9BrO4. The number of carboxylic acid groups (broad SMARTS) is 1. The number of benzene rings is 1. The van der Waals surface area contributed by atoms with Crippen LogP contribution in [0.2, 0.25) is 0 Å². The fourth-order valence-electron chi connectivity index (χ4n) is 1.12. The number of methoxy groups -OCH3 is 1. The van der Waals surface area contributed by atoms with Crippen LogP contribution in [0.25, 0.3) is 0 Å². The van der Waals surface area contributed by atoms with Crippen LogP contribution in [-0.4, -0.2) is 24.0 Å². The van der Waals surface area contributed by atoms with Crippen molar-refractivity contribution in [3.05, 3.63) is 27.7 Å². The minimum Gasteiger partial charge on any atom is -0.497 e. The van der Waals surface area contributed by atoms with Crippen molar-refractivity contribution in [2.75, 3.05) is 7.11 Å². The summed E-state index contributed by atoms with van der Waals surface area (Å²) in [6.07, 6.45) is 0. The lowest BCUT2D eigenvalue weighted by molar-refractivity contribution is -0.131. The summed E-state index contributed by atoms with van der Waals surface area (Å²) in [5, 5.41) is 8.61. The summed E-state index contributed by atoms with van der Waals surface area (Å²) in [5.41, 5.74) is 0.719. The topological polar surface area (TPSA) is 63.6 Å². The molecule has 0 saturated carbocycles. The van der Waals surface area contributed by atoms with Crippen molar-refractivity contribution in [3.63, 3.8) is 0 Å². The molecule has 0 unspecified atom stereocenters. The molecule has 0 aliphatic heterocycles. The van der Waals surface area contributed by atoms with E-state index in [-0.39, 0.29) is 5.56 Å². The second-order valence-electron chi connectivity index (χ2n) is 2.92. The molecule has 0 saturated heterocycles. The molecule has 80 valence electrons. The number of carbonyl (C=O) groups is 2. The van der Waals surface area contributed by atoms with Gasteiger partial charge in [0.25, 0.3) is 5.78 Å². The molecule has 0 spiro atoms. The first kappa shape index (κ1) is 11.7. The van der Waals surface area contributed by atoms with Crippen LogP contribution < -0.4 is 4.74 Å². The smallest absolute Gasteiger partial charge is 0.377 e.